The number of halogens is 3. The predicted molar refractivity (Wildman–Crippen MR) is 55.9 cm³/mol. The van der Waals surface area contributed by atoms with Crippen molar-refractivity contribution in [1.29, 1.82) is 0 Å². The van der Waals surface area contributed by atoms with E-state index in [0.717, 1.165) is 0 Å². The number of alkyl halides is 3. The summed E-state index contributed by atoms with van der Waals surface area (Å²) in [5, 5.41) is 11.0. The molecule has 0 aromatic rings. The molecule has 0 aromatic carbocycles. The van der Waals surface area contributed by atoms with E-state index in [-0.39, 0.29) is 0 Å². The second-order valence-electron chi connectivity index (χ2n) is 4.81. The normalized spacial score (nSPS) is 14.1. The van der Waals surface area contributed by atoms with Gasteiger partial charge in [-0.15, -0.1) is 0 Å². The minimum atomic E-state index is -4.52. The highest BCUT2D eigenvalue weighted by atomic mass is 19.4. The zero-order valence-electron chi connectivity index (χ0n) is 10.3. The van der Waals surface area contributed by atoms with Crippen LogP contribution in [0.15, 0.2) is 0 Å². The van der Waals surface area contributed by atoms with Crippen LogP contribution < -0.4 is 5.32 Å². The molecule has 2 N–H and O–H groups in total. The largest absolute Gasteiger partial charge is 0.480 e. The smallest absolute Gasteiger partial charge is 0.411 e. The number of hydrogen-bond donors (Lipinski definition) is 2. The summed E-state index contributed by atoms with van der Waals surface area (Å²) in [6.07, 6.45) is -4.52. The van der Waals surface area contributed by atoms with E-state index in [1.807, 2.05) is 0 Å². The van der Waals surface area contributed by atoms with Crippen LogP contribution in [0.3, 0.4) is 0 Å². The lowest BCUT2D eigenvalue weighted by Gasteiger charge is -2.27. The lowest BCUT2D eigenvalue weighted by Crippen LogP contribution is -2.50. The fraction of sp³-hybridized carbons (Fsp3) is 0.800. The van der Waals surface area contributed by atoms with Gasteiger partial charge in [0.25, 0.3) is 0 Å². The second-order valence-corrected chi connectivity index (χ2v) is 4.81. The number of ether oxygens (including phenoxy) is 1. The van der Waals surface area contributed by atoms with Gasteiger partial charge in [0, 0.05) is 0 Å². The Balaban J connectivity index is 4.25. The molecule has 1 atom stereocenters. The monoisotopic (exact) mass is 271 g/mol. The maximum atomic E-state index is 11.7. The van der Waals surface area contributed by atoms with Crippen molar-refractivity contribution < 1.29 is 32.6 Å². The fourth-order valence-electron chi connectivity index (χ4n) is 1.11. The number of carbonyl (C=O) groups is 2. The zero-order valence-corrected chi connectivity index (χ0v) is 10.3. The Morgan fingerprint density at radius 2 is 1.78 bits per heavy atom. The van der Waals surface area contributed by atoms with E-state index in [1.54, 1.807) is 20.8 Å². The van der Waals surface area contributed by atoms with Crippen LogP contribution in [-0.2, 0) is 14.3 Å². The minimum Gasteiger partial charge on any atom is -0.480 e. The molecule has 0 aliphatic rings. The molecule has 0 saturated carbocycles. The molecule has 1 amide bonds. The zero-order chi connectivity index (χ0) is 14.6. The van der Waals surface area contributed by atoms with Crippen molar-refractivity contribution in [2.45, 2.75) is 33.0 Å². The first-order valence-corrected chi connectivity index (χ1v) is 5.10. The Bertz CT molecular complexity index is 309. The first-order chi connectivity index (χ1) is 7.93. The topological polar surface area (TPSA) is 75.6 Å². The molecule has 0 spiro atoms. The summed E-state index contributed by atoms with van der Waals surface area (Å²) in [5.41, 5.74) is -0.758. The molecule has 18 heavy (non-hydrogen) atoms. The molecule has 0 fully saturated rings. The summed E-state index contributed by atoms with van der Waals surface area (Å²) >= 11 is 0. The number of carbonyl (C=O) groups excluding carboxylic acids is 1. The predicted octanol–water partition coefficient (Wildman–Crippen LogP) is 1.18. The van der Waals surface area contributed by atoms with Gasteiger partial charge >= 0.3 is 12.1 Å². The van der Waals surface area contributed by atoms with Gasteiger partial charge in [-0.2, -0.15) is 13.2 Å². The standard InChI is InChI=1S/C10H16F3NO4/c1-9(2,3)7(8(16)17)14-6(15)4-18-5-10(11,12)13/h7H,4-5H2,1-3H3,(H,14,15)(H,16,17). The number of aliphatic carboxylic acids is 1. The molecule has 0 rings (SSSR count). The molecule has 1 unspecified atom stereocenters. The SMILES string of the molecule is CC(C)(C)C(NC(=O)COCC(F)(F)F)C(=O)O. The molecule has 0 aliphatic heterocycles. The van der Waals surface area contributed by atoms with E-state index in [2.05, 4.69) is 10.1 Å². The molecule has 106 valence electrons. The Hall–Kier alpha value is -1.31. The van der Waals surface area contributed by atoms with Crippen molar-refractivity contribution in [1.82, 2.24) is 5.32 Å². The molecule has 0 saturated heterocycles. The van der Waals surface area contributed by atoms with Gasteiger partial charge in [0.05, 0.1) is 0 Å². The maximum Gasteiger partial charge on any atom is 0.411 e. The molecular weight excluding hydrogens is 255 g/mol. The van der Waals surface area contributed by atoms with Gasteiger partial charge in [-0.3, -0.25) is 4.79 Å². The molecule has 5 nitrogen and oxygen atoms in total. The highest BCUT2D eigenvalue weighted by Gasteiger charge is 2.33. The van der Waals surface area contributed by atoms with Crippen LogP contribution in [0.5, 0.6) is 0 Å². The molecule has 0 heterocycles. The van der Waals surface area contributed by atoms with Gasteiger partial charge < -0.3 is 15.2 Å². The number of rotatable bonds is 5. The first-order valence-electron chi connectivity index (χ1n) is 5.10. The molecule has 0 aliphatic carbocycles. The van der Waals surface area contributed by atoms with Gasteiger partial charge in [-0.25, -0.2) is 4.79 Å². The third-order valence-corrected chi connectivity index (χ3v) is 1.92. The van der Waals surface area contributed by atoms with Crippen LogP contribution in [0.25, 0.3) is 0 Å². The number of nitrogens with one attached hydrogen (secondary N) is 1. The van der Waals surface area contributed by atoms with Gasteiger partial charge in [0.15, 0.2) is 0 Å². The van der Waals surface area contributed by atoms with E-state index in [1.165, 1.54) is 0 Å². The fourth-order valence-corrected chi connectivity index (χ4v) is 1.11. The highest BCUT2D eigenvalue weighted by Crippen LogP contribution is 2.19. The van der Waals surface area contributed by atoms with Crippen molar-refractivity contribution in [2.75, 3.05) is 13.2 Å². The van der Waals surface area contributed by atoms with E-state index >= 15 is 0 Å². The summed E-state index contributed by atoms with van der Waals surface area (Å²) in [7, 11) is 0. The van der Waals surface area contributed by atoms with Crippen LogP contribution in [0.1, 0.15) is 20.8 Å². The van der Waals surface area contributed by atoms with Crippen LogP contribution in [0.4, 0.5) is 13.2 Å². The Kier molecular flexibility index (Phi) is 5.59. The Morgan fingerprint density at radius 3 is 2.11 bits per heavy atom. The Labute approximate surface area is 102 Å². The second kappa shape index (κ2) is 6.03. The quantitative estimate of drug-likeness (QED) is 0.787. The number of hydrogen-bond acceptors (Lipinski definition) is 3. The van der Waals surface area contributed by atoms with E-state index in [9.17, 15) is 22.8 Å². The summed E-state index contributed by atoms with van der Waals surface area (Å²) in [6, 6.07) is -1.19. The number of carboxylic acids is 1. The summed E-state index contributed by atoms with van der Waals surface area (Å²) < 4.78 is 39.3. The van der Waals surface area contributed by atoms with E-state index in [4.69, 9.17) is 5.11 Å². The van der Waals surface area contributed by atoms with Crippen molar-refractivity contribution in [3.63, 3.8) is 0 Å². The summed E-state index contributed by atoms with van der Waals surface area (Å²) in [5.74, 6) is -2.16. The number of amides is 1. The Morgan fingerprint density at radius 1 is 1.28 bits per heavy atom. The average Bonchev–Trinajstić information content (AvgIpc) is 2.09. The van der Waals surface area contributed by atoms with Crippen LogP contribution in [0, 0.1) is 5.41 Å². The number of carboxylic acid groups (broad SMARTS) is 1. The van der Waals surface area contributed by atoms with E-state index in [0.29, 0.717) is 0 Å². The molecular formula is C10H16F3NO4. The third-order valence-electron chi connectivity index (χ3n) is 1.92. The van der Waals surface area contributed by atoms with Crippen LogP contribution in [0.2, 0.25) is 0 Å². The molecule has 8 heteroatoms. The van der Waals surface area contributed by atoms with Crippen molar-refractivity contribution >= 4 is 11.9 Å². The third kappa shape index (κ3) is 7.10. The van der Waals surface area contributed by atoms with Crippen molar-refractivity contribution in [3.8, 4) is 0 Å². The summed E-state index contributed by atoms with van der Waals surface area (Å²) in [6.45, 7) is 2.38. The lowest BCUT2D eigenvalue weighted by atomic mass is 9.87. The maximum absolute atomic E-state index is 11.7. The van der Waals surface area contributed by atoms with Crippen molar-refractivity contribution in [3.05, 3.63) is 0 Å². The van der Waals surface area contributed by atoms with Gasteiger partial charge in [-0.1, -0.05) is 20.8 Å². The molecule has 0 radical (unpaired) electrons. The van der Waals surface area contributed by atoms with Crippen LogP contribution >= 0.6 is 0 Å². The lowest BCUT2D eigenvalue weighted by molar-refractivity contribution is -0.176. The van der Waals surface area contributed by atoms with Gasteiger partial charge in [0.2, 0.25) is 5.91 Å². The molecule has 0 aromatic heterocycles. The minimum absolute atomic E-state index is 0.758. The average molecular weight is 271 g/mol. The van der Waals surface area contributed by atoms with Crippen LogP contribution in [-0.4, -0.2) is 42.4 Å². The van der Waals surface area contributed by atoms with Gasteiger partial charge in [0.1, 0.15) is 19.3 Å². The first kappa shape index (κ1) is 16.7. The van der Waals surface area contributed by atoms with Crippen molar-refractivity contribution in [2.24, 2.45) is 5.41 Å². The van der Waals surface area contributed by atoms with E-state index < -0.39 is 42.7 Å². The molecule has 0 bridgehead atoms. The van der Waals surface area contributed by atoms with Gasteiger partial charge in [-0.05, 0) is 5.41 Å². The summed E-state index contributed by atoms with van der Waals surface area (Å²) in [4.78, 5) is 22.1. The highest BCUT2D eigenvalue weighted by molar-refractivity contribution is 5.84.